The van der Waals surface area contributed by atoms with Crippen LogP contribution in [0.1, 0.15) is 0 Å². The molecule has 0 fully saturated rings. The fraction of sp³-hybridized carbons (Fsp3) is 0.0714. The van der Waals surface area contributed by atoms with Gasteiger partial charge < -0.3 is 5.11 Å². The van der Waals surface area contributed by atoms with Gasteiger partial charge in [0.1, 0.15) is 6.54 Å². The largest absolute Gasteiger partial charge is 0.480 e. The normalized spacial score (nSPS) is 11.1. The smallest absolute Gasteiger partial charge is 0.324 e. The minimum absolute atomic E-state index is 0.00449. The maximum atomic E-state index is 12.8. The molecule has 0 unspecified atom stereocenters. The van der Waals surface area contributed by atoms with E-state index < -0.39 is 27.5 Å². The predicted octanol–water partition coefficient (Wildman–Crippen LogP) is 3.18. The second kappa shape index (κ2) is 7.26. The Morgan fingerprint density at radius 3 is 2.20 bits per heavy atom. The van der Waals surface area contributed by atoms with Crippen LogP contribution in [0.25, 0.3) is 0 Å². The van der Waals surface area contributed by atoms with Crippen molar-refractivity contribution in [3.63, 3.8) is 0 Å². The first-order valence-corrected chi connectivity index (χ1v) is 8.76. The summed E-state index contributed by atoms with van der Waals surface area (Å²) in [6, 6.07) is 7.94. The van der Waals surface area contributed by atoms with Gasteiger partial charge >= 0.3 is 5.97 Å². The summed E-state index contributed by atoms with van der Waals surface area (Å²) in [5.74, 6) is -1.39. The van der Waals surface area contributed by atoms with Crippen molar-refractivity contribution in [3.05, 3.63) is 62.6 Å². The molecule has 0 amide bonds. The van der Waals surface area contributed by atoms with E-state index in [9.17, 15) is 23.3 Å². The SMILES string of the molecule is O=C(O)CN(c1ccc(Cl)c(Cl)c1)S(=O)(=O)c1ccc([N+](=O)[O-])cc1. The van der Waals surface area contributed by atoms with Gasteiger partial charge in [-0.05, 0) is 30.3 Å². The molecule has 132 valence electrons. The lowest BCUT2D eigenvalue weighted by molar-refractivity contribution is -0.384. The zero-order valence-corrected chi connectivity index (χ0v) is 14.6. The minimum atomic E-state index is -4.29. The summed E-state index contributed by atoms with van der Waals surface area (Å²) in [5.41, 5.74) is -0.298. The van der Waals surface area contributed by atoms with Crippen LogP contribution in [0.3, 0.4) is 0 Å². The van der Waals surface area contributed by atoms with Crippen LogP contribution >= 0.6 is 23.2 Å². The number of carboxylic acids is 1. The number of rotatable bonds is 6. The molecule has 0 aliphatic carbocycles. The average molecular weight is 405 g/mol. The molecule has 11 heteroatoms. The van der Waals surface area contributed by atoms with Gasteiger partial charge in [0.25, 0.3) is 15.7 Å². The zero-order valence-electron chi connectivity index (χ0n) is 12.3. The van der Waals surface area contributed by atoms with Gasteiger partial charge in [-0.25, -0.2) is 8.42 Å². The van der Waals surface area contributed by atoms with Gasteiger partial charge in [-0.15, -0.1) is 0 Å². The number of hydrogen-bond acceptors (Lipinski definition) is 5. The van der Waals surface area contributed by atoms with Gasteiger partial charge in [-0.3, -0.25) is 19.2 Å². The molecule has 0 atom stereocenters. The number of carboxylic acid groups (broad SMARTS) is 1. The molecule has 2 rings (SSSR count). The van der Waals surface area contributed by atoms with Crippen LogP contribution in [0, 0.1) is 10.1 Å². The Morgan fingerprint density at radius 2 is 1.72 bits per heavy atom. The van der Waals surface area contributed by atoms with Crippen molar-refractivity contribution in [1.29, 1.82) is 0 Å². The highest BCUT2D eigenvalue weighted by molar-refractivity contribution is 7.92. The van der Waals surface area contributed by atoms with Crippen molar-refractivity contribution in [2.75, 3.05) is 10.8 Å². The van der Waals surface area contributed by atoms with E-state index in [1.54, 1.807) is 0 Å². The summed E-state index contributed by atoms with van der Waals surface area (Å²) in [6.45, 7) is -0.864. The van der Waals surface area contributed by atoms with Crippen molar-refractivity contribution in [2.24, 2.45) is 0 Å². The van der Waals surface area contributed by atoms with Gasteiger partial charge in [-0.1, -0.05) is 23.2 Å². The monoisotopic (exact) mass is 404 g/mol. The van der Waals surface area contributed by atoms with Gasteiger partial charge in [0.15, 0.2) is 0 Å². The summed E-state index contributed by atoms with van der Waals surface area (Å²) >= 11 is 11.7. The van der Waals surface area contributed by atoms with E-state index in [1.165, 1.54) is 18.2 Å². The van der Waals surface area contributed by atoms with Crippen LogP contribution < -0.4 is 4.31 Å². The molecule has 0 saturated heterocycles. The number of sulfonamides is 1. The third-order valence-electron chi connectivity index (χ3n) is 3.11. The highest BCUT2D eigenvalue weighted by Gasteiger charge is 2.28. The highest BCUT2D eigenvalue weighted by atomic mass is 35.5. The van der Waals surface area contributed by atoms with Gasteiger partial charge in [0, 0.05) is 12.1 Å². The summed E-state index contributed by atoms with van der Waals surface area (Å²) < 4.78 is 26.1. The molecule has 2 aromatic carbocycles. The standard InChI is InChI=1S/C14H10Cl2N2O6S/c15-12-6-3-10(7-13(12)16)17(8-14(19)20)25(23,24)11-4-1-9(2-5-11)18(21)22/h1-7H,8H2,(H,19,20). The van der Waals surface area contributed by atoms with E-state index in [2.05, 4.69) is 0 Å². The molecule has 0 saturated carbocycles. The summed E-state index contributed by atoms with van der Waals surface area (Å²) in [4.78, 5) is 20.8. The molecule has 0 heterocycles. The second-order valence-corrected chi connectivity index (χ2v) is 7.43. The van der Waals surface area contributed by atoms with E-state index in [0.717, 1.165) is 24.3 Å². The molecule has 25 heavy (non-hydrogen) atoms. The number of benzene rings is 2. The van der Waals surface area contributed by atoms with E-state index in [0.29, 0.717) is 4.31 Å². The van der Waals surface area contributed by atoms with Crippen LogP contribution in [0.2, 0.25) is 10.0 Å². The van der Waals surface area contributed by atoms with Crippen molar-refractivity contribution in [1.82, 2.24) is 0 Å². The molecule has 1 N–H and O–H groups in total. The lowest BCUT2D eigenvalue weighted by Crippen LogP contribution is -2.35. The molecule has 8 nitrogen and oxygen atoms in total. The molecule has 2 aromatic rings. The number of nitrogens with zero attached hydrogens (tertiary/aromatic N) is 2. The quantitative estimate of drug-likeness (QED) is 0.583. The lowest BCUT2D eigenvalue weighted by atomic mass is 10.3. The van der Waals surface area contributed by atoms with E-state index in [1.807, 2.05) is 0 Å². The number of non-ortho nitro benzene ring substituents is 1. The van der Waals surface area contributed by atoms with Crippen LogP contribution in [0.4, 0.5) is 11.4 Å². The Bertz CT molecular complexity index is 931. The summed E-state index contributed by atoms with van der Waals surface area (Å²) in [6.07, 6.45) is 0. The van der Waals surface area contributed by atoms with Gasteiger partial charge in [0.2, 0.25) is 0 Å². The van der Waals surface area contributed by atoms with Crippen molar-refractivity contribution < 1.29 is 23.2 Å². The third-order valence-corrected chi connectivity index (χ3v) is 5.63. The van der Waals surface area contributed by atoms with E-state index in [-0.39, 0.29) is 26.3 Å². The van der Waals surface area contributed by atoms with E-state index in [4.69, 9.17) is 28.3 Å². The van der Waals surface area contributed by atoms with E-state index >= 15 is 0 Å². The van der Waals surface area contributed by atoms with Crippen molar-refractivity contribution in [3.8, 4) is 0 Å². The first kappa shape index (κ1) is 19.0. The molecule has 0 radical (unpaired) electrons. The Morgan fingerprint density at radius 1 is 1.12 bits per heavy atom. The first-order valence-electron chi connectivity index (χ1n) is 6.57. The topological polar surface area (TPSA) is 118 Å². The number of anilines is 1. The number of aliphatic carboxylic acids is 1. The predicted molar refractivity (Wildman–Crippen MR) is 91.7 cm³/mol. The number of nitro groups is 1. The molecular weight excluding hydrogens is 395 g/mol. The minimum Gasteiger partial charge on any atom is -0.480 e. The summed E-state index contributed by atoms with van der Waals surface area (Å²) in [7, 11) is -4.29. The Labute approximate surface area is 152 Å². The molecule has 0 bridgehead atoms. The third kappa shape index (κ3) is 4.19. The fourth-order valence-corrected chi connectivity index (χ4v) is 3.64. The zero-order chi connectivity index (χ0) is 18.8. The van der Waals surface area contributed by atoms with Crippen molar-refractivity contribution >= 4 is 50.6 Å². The molecule has 0 aromatic heterocycles. The van der Waals surface area contributed by atoms with Gasteiger partial charge in [-0.2, -0.15) is 0 Å². The maximum Gasteiger partial charge on any atom is 0.324 e. The Balaban J connectivity index is 2.53. The van der Waals surface area contributed by atoms with Crippen LogP contribution in [-0.4, -0.2) is 31.0 Å². The lowest BCUT2D eigenvalue weighted by Gasteiger charge is -2.23. The molecule has 0 aliphatic heterocycles. The van der Waals surface area contributed by atoms with Crippen LogP contribution in [0.5, 0.6) is 0 Å². The fourth-order valence-electron chi connectivity index (χ4n) is 1.95. The van der Waals surface area contributed by atoms with Crippen LogP contribution in [-0.2, 0) is 14.8 Å². The maximum absolute atomic E-state index is 12.8. The van der Waals surface area contributed by atoms with Gasteiger partial charge in [0.05, 0.1) is 25.6 Å². The van der Waals surface area contributed by atoms with Crippen LogP contribution in [0.15, 0.2) is 47.4 Å². The number of nitro benzene ring substituents is 1. The average Bonchev–Trinajstić information content (AvgIpc) is 2.55. The number of hydrogen-bond donors (Lipinski definition) is 1. The summed E-state index contributed by atoms with van der Waals surface area (Å²) in [5, 5.41) is 19.9. The van der Waals surface area contributed by atoms with Crippen molar-refractivity contribution in [2.45, 2.75) is 4.90 Å². The number of carbonyl (C=O) groups is 1. The second-order valence-electron chi connectivity index (χ2n) is 4.75. The molecule has 0 spiro atoms. The Kier molecular flexibility index (Phi) is 5.51. The Hall–Kier alpha value is -2.36. The first-order chi connectivity index (χ1) is 11.6. The molecular formula is C14H10Cl2N2O6S. The number of halogens is 2. The highest BCUT2D eigenvalue weighted by Crippen LogP contribution is 2.30. The molecule has 0 aliphatic rings.